The van der Waals surface area contributed by atoms with Gasteiger partial charge in [-0.2, -0.15) is 0 Å². The first-order valence-electron chi connectivity index (χ1n) is 8.72. The average molecular weight is 315 g/mol. The minimum Gasteiger partial charge on any atom is -0.356 e. The summed E-state index contributed by atoms with van der Waals surface area (Å²) in [6, 6.07) is 0.657. The van der Waals surface area contributed by atoms with E-state index in [2.05, 4.69) is 23.9 Å². The first kappa shape index (κ1) is 14.4. The van der Waals surface area contributed by atoms with Gasteiger partial charge in [-0.05, 0) is 43.6 Å². The molecule has 4 heteroatoms. The fraction of sp³-hybridized carbons (Fsp3) is 0.667. The number of aromatic nitrogens is 2. The van der Waals surface area contributed by atoms with Crippen molar-refractivity contribution in [2.75, 3.05) is 11.9 Å². The van der Waals surface area contributed by atoms with Crippen LogP contribution in [-0.2, 0) is 12.8 Å². The van der Waals surface area contributed by atoms with Crippen molar-refractivity contribution in [1.82, 2.24) is 9.97 Å². The normalized spacial score (nSPS) is 22.7. The summed E-state index contributed by atoms with van der Waals surface area (Å²) in [5.74, 6) is 2.00. The molecule has 1 unspecified atom stereocenters. The van der Waals surface area contributed by atoms with Crippen LogP contribution in [0.4, 0.5) is 5.82 Å². The molecule has 0 bridgehead atoms. The maximum atomic E-state index is 4.70. The Hall–Kier alpha value is -1.16. The van der Waals surface area contributed by atoms with Crippen molar-refractivity contribution < 1.29 is 0 Å². The van der Waals surface area contributed by atoms with Crippen molar-refractivity contribution in [2.24, 2.45) is 5.92 Å². The highest BCUT2D eigenvalue weighted by atomic mass is 32.1. The molecule has 0 aromatic carbocycles. The maximum absolute atomic E-state index is 4.70. The van der Waals surface area contributed by atoms with E-state index < -0.39 is 0 Å². The number of nitrogens with zero attached hydrogens (tertiary/aromatic N) is 3. The van der Waals surface area contributed by atoms with E-state index in [0.29, 0.717) is 6.04 Å². The summed E-state index contributed by atoms with van der Waals surface area (Å²) in [6.07, 6.45) is 12.2. The predicted octanol–water partition coefficient (Wildman–Crippen LogP) is 4.59. The molecule has 0 amide bonds. The lowest BCUT2D eigenvalue weighted by atomic mass is 9.89. The monoisotopic (exact) mass is 315 g/mol. The van der Waals surface area contributed by atoms with Crippen molar-refractivity contribution in [3.8, 4) is 0 Å². The molecule has 1 saturated carbocycles. The summed E-state index contributed by atoms with van der Waals surface area (Å²) >= 11 is 1.90. The molecular weight excluding hydrogens is 290 g/mol. The Morgan fingerprint density at radius 3 is 2.77 bits per heavy atom. The van der Waals surface area contributed by atoms with E-state index in [1.54, 1.807) is 16.8 Å². The van der Waals surface area contributed by atoms with Crippen LogP contribution in [-0.4, -0.2) is 23.1 Å². The van der Waals surface area contributed by atoms with Crippen molar-refractivity contribution in [1.29, 1.82) is 0 Å². The third-order valence-electron chi connectivity index (χ3n) is 5.53. The zero-order valence-corrected chi connectivity index (χ0v) is 14.5. The highest BCUT2D eigenvalue weighted by Crippen LogP contribution is 2.41. The van der Waals surface area contributed by atoms with Gasteiger partial charge in [0.25, 0.3) is 0 Å². The molecule has 2 aromatic rings. The van der Waals surface area contributed by atoms with Gasteiger partial charge in [-0.3, -0.25) is 0 Å². The molecule has 1 atom stereocenters. The molecule has 0 N–H and O–H groups in total. The van der Waals surface area contributed by atoms with Crippen molar-refractivity contribution in [3.63, 3.8) is 0 Å². The standard InChI is InChI=1S/C18H25N3S/c1-12-8-9-14-15(10-12)22-18-16(14)17(19-11-20-18)21(2)13-6-4-3-5-7-13/h11-13H,3-10H2,1-2H3. The highest BCUT2D eigenvalue weighted by Gasteiger charge is 2.26. The van der Waals surface area contributed by atoms with Gasteiger partial charge in [-0.15, -0.1) is 11.3 Å². The quantitative estimate of drug-likeness (QED) is 0.812. The molecule has 2 heterocycles. The van der Waals surface area contributed by atoms with Crippen LogP contribution in [0, 0.1) is 5.92 Å². The zero-order valence-electron chi connectivity index (χ0n) is 13.6. The summed E-state index contributed by atoms with van der Waals surface area (Å²) in [5, 5.41) is 1.36. The summed E-state index contributed by atoms with van der Waals surface area (Å²) in [4.78, 5) is 14.5. The van der Waals surface area contributed by atoms with Gasteiger partial charge in [0.2, 0.25) is 0 Å². The van der Waals surface area contributed by atoms with Crippen LogP contribution in [0.3, 0.4) is 0 Å². The third-order valence-corrected chi connectivity index (χ3v) is 6.69. The van der Waals surface area contributed by atoms with Gasteiger partial charge >= 0.3 is 0 Å². The van der Waals surface area contributed by atoms with E-state index >= 15 is 0 Å². The zero-order chi connectivity index (χ0) is 15.1. The Balaban J connectivity index is 1.77. The SMILES string of the molecule is CC1CCc2c(sc3ncnc(N(C)C4CCCCC4)c23)C1. The largest absolute Gasteiger partial charge is 0.356 e. The second-order valence-electron chi connectivity index (χ2n) is 7.13. The molecule has 22 heavy (non-hydrogen) atoms. The van der Waals surface area contributed by atoms with Gasteiger partial charge < -0.3 is 4.90 Å². The third kappa shape index (κ3) is 2.41. The number of anilines is 1. The lowest BCUT2D eigenvalue weighted by Gasteiger charge is -2.32. The van der Waals surface area contributed by atoms with Gasteiger partial charge in [0.05, 0.1) is 5.39 Å². The second-order valence-corrected chi connectivity index (χ2v) is 8.22. The minimum absolute atomic E-state index is 0.657. The molecule has 0 saturated heterocycles. The van der Waals surface area contributed by atoms with Crippen LogP contribution in [0.5, 0.6) is 0 Å². The molecule has 118 valence electrons. The Morgan fingerprint density at radius 2 is 1.95 bits per heavy atom. The lowest BCUT2D eigenvalue weighted by molar-refractivity contribution is 0.426. The summed E-state index contributed by atoms with van der Waals surface area (Å²) in [6.45, 7) is 2.37. The van der Waals surface area contributed by atoms with E-state index in [0.717, 1.165) is 5.92 Å². The number of rotatable bonds is 2. The first-order chi connectivity index (χ1) is 10.7. The van der Waals surface area contributed by atoms with Crippen LogP contribution in [0.15, 0.2) is 6.33 Å². The van der Waals surface area contributed by atoms with Gasteiger partial charge in [-0.25, -0.2) is 9.97 Å². The lowest BCUT2D eigenvalue weighted by Crippen LogP contribution is -2.34. The Labute approximate surface area is 136 Å². The fourth-order valence-electron chi connectivity index (χ4n) is 4.17. The van der Waals surface area contributed by atoms with Crippen LogP contribution < -0.4 is 4.90 Å². The Morgan fingerprint density at radius 1 is 1.14 bits per heavy atom. The van der Waals surface area contributed by atoms with E-state index in [1.807, 2.05) is 11.3 Å². The average Bonchev–Trinajstić information content (AvgIpc) is 2.92. The molecular formula is C18H25N3S. The maximum Gasteiger partial charge on any atom is 0.141 e. The van der Waals surface area contributed by atoms with Crippen LogP contribution in [0.1, 0.15) is 55.9 Å². The predicted molar refractivity (Wildman–Crippen MR) is 93.9 cm³/mol. The summed E-state index contributed by atoms with van der Waals surface area (Å²) in [7, 11) is 2.24. The number of fused-ring (bicyclic) bond motifs is 3. The van der Waals surface area contributed by atoms with Gasteiger partial charge in [0, 0.05) is 18.0 Å². The van der Waals surface area contributed by atoms with Crippen molar-refractivity contribution in [3.05, 3.63) is 16.8 Å². The van der Waals surface area contributed by atoms with Crippen LogP contribution in [0.2, 0.25) is 0 Å². The molecule has 2 aliphatic rings. The number of hydrogen-bond acceptors (Lipinski definition) is 4. The van der Waals surface area contributed by atoms with E-state index in [4.69, 9.17) is 4.98 Å². The van der Waals surface area contributed by atoms with E-state index in [1.165, 1.54) is 67.4 Å². The molecule has 3 nitrogen and oxygen atoms in total. The van der Waals surface area contributed by atoms with Gasteiger partial charge in [-0.1, -0.05) is 26.2 Å². The van der Waals surface area contributed by atoms with Crippen LogP contribution in [0.25, 0.3) is 10.2 Å². The van der Waals surface area contributed by atoms with E-state index in [-0.39, 0.29) is 0 Å². The summed E-state index contributed by atoms with van der Waals surface area (Å²) < 4.78 is 0. The number of thiophene rings is 1. The topological polar surface area (TPSA) is 29.0 Å². The fourth-order valence-corrected chi connectivity index (χ4v) is 5.51. The first-order valence-corrected chi connectivity index (χ1v) is 9.53. The smallest absolute Gasteiger partial charge is 0.141 e. The molecule has 0 spiro atoms. The molecule has 2 aromatic heterocycles. The van der Waals surface area contributed by atoms with Crippen LogP contribution >= 0.6 is 11.3 Å². The summed E-state index contributed by atoms with van der Waals surface area (Å²) in [5.41, 5.74) is 1.55. The van der Waals surface area contributed by atoms with E-state index in [9.17, 15) is 0 Å². The second kappa shape index (κ2) is 5.80. The Bertz CT molecular complexity index is 672. The molecule has 1 fully saturated rings. The van der Waals surface area contributed by atoms with Crippen molar-refractivity contribution >= 4 is 27.4 Å². The number of hydrogen-bond donors (Lipinski definition) is 0. The molecule has 4 rings (SSSR count). The highest BCUT2D eigenvalue weighted by molar-refractivity contribution is 7.19. The van der Waals surface area contributed by atoms with Gasteiger partial charge in [0.15, 0.2) is 0 Å². The molecule has 0 aliphatic heterocycles. The number of aryl methyl sites for hydroxylation is 1. The van der Waals surface area contributed by atoms with Crippen molar-refractivity contribution in [2.45, 2.75) is 64.3 Å². The molecule has 2 aliphatic carbocycles. The Kier molecular flexibility index (Phi) is 3.81. The van der Waals surface area contributed by atoms with Gasteiger partial charge in [0.1, 0.15) is 17.0 Å². The molecule has 0 radical (unpaired) electrons. The minimum atomic E-state index is 0.657.